The average Bonchev–Trinajstić information content (AvgIpc) is 2.17. The number of rotatable bonds is 2. The highest BCUT2D eigenvalue weighted by Crippen LogP contribution is 2.41. The summed E-state index contributed by atoms with van der Waals surface area (Å²) < 4.78 is 22.8. The normalized spacial score (nSPS) is 24.0. The molecule has 4 heteroatoms. The third-order valence-electron chi connectivity index (χ3n) is 3.62. The fraction of sp³-hybridized carbons (Fsp3) is 0.917. The van der Waals surface area contributed by atoms with E-state index in [9.17, 15) is 13.2 Å². The fourth-order valence-electron chi connectivity index (χ4n) is 2.47. The lowest BCUT2D eigenvalue weighted by Crippen LogP contribution is -2.44. The topological polar surface area (TPSA) is 51.2 Å². The molecule has 0 aromatic heterocycles. The Morgan fingerprint density at radius 3 is 1.94 bits per heavy atom. The lowest BCUT2D eigenvalue weighted by atomic mass is 9.67. The van der Waals surface area contributed by atoms with Crippen LogP contribution in [0.3, 0.4) is 0 Å². The molecule has 1 aliphatic rings. The van der Waals surface area contributed by atoms with Gasteiger partial charge in [0.15, 0.2) is 0 Å². The van der Waals surface area contributed by atoms with Crippen LogP contribution in [-0.2, 0) is 14.6 Å². The van der Waals surface area contributed by atoms with Gasteiger partial charge in [-0.1, -0.05) is 27.7 Å². The largest absolute Gasteiger partial charge is 0.298 e. The van der Waals surface area contributed by atoms with E-state index in [2.05, 4.69) is 0 Å². The van der Waals surface area contributed by atoms with Crippen molar-refractivity contribution in [2.75, 3.05) is 11.5 Å². The first-order valence-corrected chi connectivity index (χ1v) is 7.70. The van der Waals surface area contributed by atoms with E-state index >= 15 is 0 Å². The standard InChI is InChI=1S/C12H22O3S/c1-5-12(10(13)11(2,3)4)6-8-16(14,15)9-7-12/h5-9H2,1-4H3. The summed E-state index contributed by atoms with van der Waals surface area (Å²) in [4.78, 5) is 12.4. The molecule has 1 rings (SSSR count). The minimum atomic E-state index is -2.90. The van der Waals surface area contributed by atoms with Gasteiger partial charge in [0.25, 0.3) is 0 Å². The zero-order valence-electron chi connectivity index (χ0n) is 10.7. The lowest BCUT2D eigenvalue weighted by Gasteiger charge is -2.39. The number of ketones is 1. The number of sulfone groups is 1. The number of carbonyl (C=O) groups is 1. The zero-order valence-corrected chi connectivity index (χ0v) is 11.5. The minimum Gasteiger partial charge on any atom is -0.298 e. The quantitative estimate of drug-likeness (QED) is 0.750. The number of hydrogen-bond donors (Lipinski definition) is 0. The smallest absolute Gasteiger partial charge is 0.150 e. The van der Waals surface area contributed by atoms with E-state index in [1.807, 2.05) is 27.7 Å². The van der Waals surface area contributed by atoms with Crippen LogP contribution in [0.2, 0.25) is 0 Å². The number of Topliss-reactive ketones (excluding diaryl/α,β-unsaturated/α-hetero) is 1. The van der Waals surface area contributed by atoms with Crippen LogP contribution in [0, 0.1) is 10.8 Å². The average molecular weight is 246 g/mol. The van der Waals surface area contributed by atoms with Gasteiger partial charge >= 0.3 is 0 Å². The fourth-order valence-corrected chi connectivity index (χ4v) is 4.07. The molecule has 0 aromatic carbocycles. The molecule has 0 amide bonds. The van der Waals surface area contributed by atoms with Crippen LogP contribution in [-0.4, -0.2) is 25.7 Å². The van der Waals surface area contributed by atoms with Gasteiger partial charge in [-0.3, -0.25) is 4.79 Å². The van der Waals surface area contributed by atoms with Crippen LogP contribution in [0.15, 0.2) is 0 Å². The SMILES string of the molecule is CCC1(C(=O)C(C)(C)C)CCS(=O)(=O)CC1. The Hall–Kier alpha value is -0.380. The molecule has 1 fully saturated rings. The zero-order chi connectivity index (χ0) is 12.6. The summed E-state index contributed by atoms with van der Waals surface area (Å²) >= 11 is 0. The number of hydrogen-bond acceptors (Lipinski definition) is 3. The van der Waals surface area contributed by atoms with E-state index in [4.69, 9.17) is 0 Å². The van der Waals surface area contributed by atoms with E-state index in [1.165, 1.54) is 0 Å². The predicted octanol–water partition coefficient (Wildman–Crippen LogP) is 2.21. The van der Waals surface area contributed by atoms with Crippen LogP contribution >= 0.6 is 0 Å². The Morgan fingerprint density at radius 2 is 1.62 bits per heavy atom. The van der Waals surface area contributed by atoms with Crippen LogP contribution in [0.25, 0.3) is 0 Å². The van der Waals surface area contributed by atoms with Crippen molar-refractivity contribution in [1.29, 1.82) is 0 Å². The first-order valence-electron chi connectivity index (χ1n) is 5.88. The van der Waals surface area contributed by atoms with Gasteiger partial charge in [0, 0.05) is 10.8 Å². The summed E-state index contributed by atoms with van der Waals surface area (Å²) in [6.45, 7) is 7.73. The lowest BCUT2D eigenvalue weighted by molar-refractivity contribution is -0.137. The minimum absolute atomic E-state index is 0.169. The molecule has 0 saturated carbocycles. The van der Waals surface area contributed by atoms with Gasteiger partial charge < -0.3 is 0 Å². The molecule has 0 aliphatic carbocycles. The Morgan fingerprint density at radius 1 is 1.19 bits per heavy atom. The third kappa shape index (κ3) is 2.65. The first kappa shape index (κ1) is 13.7. The summed E-state index contributed by atoms with van der Waals surface area (Å²) in [5.41, 5.74) is -0.777. The summed E-state index contributed by atoms with van der Waals surface area (Å²) in [5, 5.41) is 0. The Bertz CT molecular complexity index is 360. The summed E-state index contributed by atoms with van der Waals surface area (Å²) in [6.07, 6.45) is 1.75. The highest BCUT2D eigenvalue weighted by Gasteiger charge is 2.45. The Labute approximate surface area is 98.5 Å². The van der Waals surface area contributed by atoms with Crippen LogP contribution in [0.5, 0.6) is 0 Å². The molecule has 94 valence electrons. The molecule has 1 heterocycles. The second-order valence-corrected chi connectivity index (χ2v) is 8.17. The van der Waals surface area contributed by atoms with Crippen molar-refractivity contribution in [3.63, 3.8) is 0 Å². The van der Waals surface area contributed by atoms with Gasteiger partial charge in [-0.15, -0.1) is 0 Å². The molecule has 0 radical (unpaired) electrons. The van der Waals surface area contributed by atoms with Gasteiger partial charge in [0.2, 0.25) is 0 Å². The van der Waals surface area contributed by atoms with Crippen molar-refractivity contribution in [3.8, 4) is 0 Å². The van der Waals surface area contributed by atoms with Crippen LogP contribution in [0.1, 0.15) is 47.0 Å². The van der Waals surface area contributed by atoms with E-state index in [0.717, 1.165) is 6.42 Å². The molecule has 0 bridgehead atoms. The maximum absolute atomic E-state index is 12.4. The molecule has 0 atom stereocenters. The molecule has 0 spiro atoms. The van der Waals surface area contributed by atoms with Crippen molar-refractivity contribution in [2.24, 2.45) is 10.8 Å². The molecule has 3 nitrogen and oxygen atoms in total. The van der Waals surface area contributed by atoms with E-state index in [1.54, 1.807) is 0 Å². The Balaban J connectivity index is 2.94. The summed E-state index contributed by atoms with van der Waals surface area (Å²) in [5.74, 6) is 0.558. The van der Waals surface area contributed by atoms with Crippen LogP contribution in [0.4, 0.5) is 0 Å². The van der Waals surface area contributed by atoms with Gasteiger partial charge in [0.05, 0.1) is 11.5 Å². The van der Waals surface area contributed by atoms with Gasteiger partial charge in [0.1, 0.15) is 15.6 Å². The highest BCUT2D eigenvalue weighted by atomic mass is 32.2. The molecule has 1 saturated heterocycles. The maximum atomic E-state index is 12.4. The molecular formula is C12H22O3S. The molecule has 16 heavy (non-hydrogen) atoms. The summed E-state index contributed by atoms with van der Waals surface area (Å²) in [7, 11) is -2.90. The van der Waals surface area contributed by atoms with Crippen molar-refractivity contribution < 1.29 is 13.2 Å². The van der Waals surface area contributed by atoms with E-state index < -0.39 is 15.3 Å². The predicted molar refractivity (Wildman–Crippen MR) is 65.1 cm³/mol. The first-order chi connectivity index (χ1) is 7.13. The van der Waals surface area contributed by atoms with Gasteiger partial charge in [-0.05, 0) is 19.3 Å². The molecule has 0 aromatic rings. The molecular weight excluding hydrogens is 224 g/mol. The van der Waals surface area contributed by atoms with Crippen LogP contribution < -0.4 is 0 Å². The molecule has 1 aliphatic heterocycles. The van der Waals surface area contributed by atoms with Crippen molar-refractivity contribution >= 4 is 15.6 Å². The van der Waals surface area contributed by atoms with Gasteiger partial charge in [-0.25, -0.2) is 8.42 Å². The summed E-state index contributed by atoms with van der Waals surface area (Å²) in [6, 6.07) is 0. The van der Waals surface area contributed by atoms with E-state index in [-0.39, 0.29) is 22.7 Å². The third-order valence-corrected chi connectivity index (χ3v) is 5.28. The van der Waals surface area contributed by atoms with Crippen molar-refractivity contribution in [2.45, 2.75) is 47.0 Å². The van der Waals surface area contributed by atoms with E-state index in [0.29, 0.717) is 12.8 Å². The van der Waals surface area contributed by atoms with Crippen molar-refractivity contribution in [1.82, 2.24) is 0 Å². The number of carbonyl (C=O) groups excluding carboxylic acids is 1. The second kappa shape index (κ2) is 4.13. The highest BCUT2D eigenvalue weighted by molar-refractivity contribution is 7.91. The second-order valence-electron chi connectivity index (χ2n) is 5.86. The van der Waals surface area contributed by atoms with Crippen molar-refractivity contribution in [3.05, 3.63) is 0 Å². The maximum Gasteiger partial charge on any atom is 0.150 e. The Kier molecular flexibility index (Phi) is 3.53. The molecule has 0 N–H and O–H groups in total. The van der Waals surface area contributed by atoms with Gasteiger partial charge in [-0.2, -0.15) is 0 Å². The molecule has 0 unspecified atom stereocenters. The monoisotopic (exact) mass is 246 g/mol.